The van der Waals surface area contributed by atoms with E-state index in [0.717, 1.165) is 19.3 Å². The highest BCUT2D eigenvalue weighted by molar-refractivity contribution is 4.81. The summed E-state index contributed by atoms with van der Waals surface area (Å²) in [4.78, 5) is 0. The Hall–Kier alpha value is -0.200. The van der Waals surface area contributed by atoms with Crippen LogP contribution in [-0.2, 0) is 23.7 Å². The van der Waals surface area contributed by atoms with Crippen LogP contribution in [0.5, 0.6) is 0 Å². The van der Waals surface area contributed by atoms with Crippen LogP contribution in [0, 0.1) is 6.29 Å². The standard InChI is InChI=1S/C15H31O5/c1-6-11-12-13-20-15(18-9-4,19-10-5)14(16-7-2)17-8-3/h6-13H2,1-5H3. The summed E-state index contributed by atoms with van der Waals surface area (Å²) < 4.78 is 28.3. The van der Waals surface area contributed by atoms with Gasteiger partial charge in [0.2, 0.25) is 0 Å². The minimum Gasteiger partial charge on any atom is -0.339 e. The number of hydrogen-bond acceptors (Lipinski definition) is 5. The van der Waals surface area contributed by atoms with Crippen molar-refractivity contribution >= 4 is 0 Å². The minimum absolute atomic E-state index is 0.252. The van der Waals surface area contributed by atoms with E-state index in [0.29, 0.717) is 33.0 Å². The molecule has 0 fully saturated rings. The lowest BCUT2D eigenvalue weighted by Crippen LogP contribution is -2.48. The van der Waals surface area contributed by atoms with E-state index in [-0.39, 0.29) is 6.29 Å². The summed E-state index contributed by atoms with van der Waals surface area (Å²) in [6.45, 7) is 12.1. The Kier molecular flexibility index (Phi) is 12.4. The van der Waals surface area contributed by atoms with Crippen molar-refractivity contribution in [2.45, 2.75) is 59.9 Å². The highest BCUT2D eigenvalue weighted by Crippen LogP contribution is 2.30. The van der Waals surface area contributed by atoms with Crippen LogP contribution in [0.15, 0.2) is 0 Å². The third-order valence-electron chi connectivity index (χ3n) is 2.51. The molecule has 121 valence electrons. The van der Waals surface area contributed by atoms with Crippen molar-refractivity contribution in [2.24, 2.45) is 0 Å². The van der Waals surface area contributed by atoms with Crippen molar-refractivity contribution in [3.63, 3.8) is 0 Å². The summed E-state index contributed by atoms with van der Waals surface area (Å²) in [6.07, 6.45) is 3.44. The van der Waals surface area contributed by atoms with E-state index < -0.39 is 5.97 Å². The summed E-state index contributed by atoms with van der Waals surface area (Å²) in [7, 11) is 0. The fourth-order valence-corrected chi connectivity index (χ4v) is 1.72. The van der Waals surface area contributed by atoms with Gasteiger partial charge in [0.1, 0.15) is 0 Å². The second-order valence-electron chi connectivity index (χ2n) is 4.13. The average molecular weight is 291 g/mol. The van der Waals surface area contributed by atoms with Gasteiger partial charge in [-0.3, -0.25) is 0 Å². The molecular weight excluding hydrogens is 260 g/mol. The van der Waals surface area contributed by atoms with Crippen LogP contribution >= 0.6 is 0 Å². The molecule has 0 aliphatic rings. The van der Waals surface area contributed by atoms with E-state index in [4.69, 9.17) is 23.7 Å². The van der Waals surface area contributed by atoms with Crippen LogP contribution < -0.4 is 0 Å². The van der Waals surface area contributed by atoms with Gasteiger partial charge in [0, 0.05) is 26.4 Å². The molecule has 1 radical (unpaired) electrons. The summed E-state index contributed by atoms with van der Waals surface area (Å²) >= 11 is 0. The van der Waals surface area contributed by atoms with Gasteiger partial charge in [0.25, 0.3) is 0 Å². The van der Waals surface area contributed by atoms with Gasteiger partial charge >= 0.3 is 12.3 Å². The first-order chi connectivity index (χ1) is 9.70. The van der Waals surface area contributed by atoms with E-state index in [2.05, 4.69) is 6.92 Å². The fourth-order valence-electron chi connectivity index (χ4n) is 1.72. The van der Waals surface area contributed by atoms with Gasteiger partial charge in [-0.25, -0.2) is 0 Å². The van der Waals surface area contributed by atoms with E-state index >= 15 is 0 Å². The average Bonchev–Trinajstić information content (AvgIpc) is 2.44. The minimum atomic E-state index is -1.36. The van der Waals surface area contributed by atoms with Gasteiger partial charge < -0.3 is 23.7 Å². The van der Waals surface area contributed by atoms with E-state index in [9.17, 15) is 0 Å². The predicted octanol–water partition coefficient (Wildman–Crippen LogP) is 3.48. The maximum Gasteiger partial charge on any atom is 0.346 e. The summed E-state index contributed by atoms with van der Waals surface area (Å²) in [5.74, 6) is -1.36. The molecule has 0 aliphatic heterocycles. The lowest BCUT2D eigenvalue weighted by Gasteiger charge is -2.36. The van der Waals surface area contributed by atoms with Crippen LogP contribution in [0.3, 0.4) is 0 Å². The second-order valence-corrected chi connectivity index (χ2v) is 4.13. The molecule has 0 unspecified atom stereocenters. The molecule has 0 amide bonds. The smallest absolute Gasteiger partial charge is 0.339 e. The maximum atomic E-state index is 5.85. The third kappa shape index (κ3) is 6.99. The lowest BCUT2D eigenvalue weighted by molar-refractivity contribution is -0.414. The van der Waals surface area contributed by atoms with Gasteiger partial charge in [-0.1, -0.05) is 19.8 Å². The molecule has 0 aromatic carbocycles. The van der Waals surface area contributed by atoms with Crippen LogP contribution in [0.2, 0.25) is 0 Å². The zero-order chi connectivity index (χ0) is 15.3. The molecule has 0 bridgehead atoms. The molecule has 0 atom stereocenters. The Labute approximate surface area is 123 Å². The monoisotopic (exact) mass is 291 g/mol. The van der Waals surface area contributed by atoms with Gasteiger partial charge in [0.15, 0.2) is 0 Å². The zero-order valence-electron chi connectivity index (χ0n) is 13.7. The number of ether oxygens (including phenoxy) is 5. The fraction of sp³-hybridized carbons (Fsp3) is 0.933. The third-order valence-corrected chi connectivity index (χ3v) is 2.51. The zero-order valence-corrected chi connectivity index (χ0v) is 13.7. The number of unbranched alkanes of at least 4 members (excludes halogenated alkanes) is 2. The van der Waals surface area contributed by atoms with Gasteiger partial charge in [-0.15, -0.1) is 0 Å². The van der Waals surface area contributed by atoms with Crippen LogP contribution in [0.1, 0.15) is 53.9 Å². The molecule has 0 N–H and O–H groups in total. The number of rotatable bonds is 14. The maximum absolute atomic E-state index is 5.85. The highest BCUT2D eigenvalue weighted by atomic mass is 16.9. The van der Waals surface area contributed by atoms with Crippen molar-refractivity contribution in [3.05, 3.63) is 6.29 Å². The predicted molar refractivity (Wildman–Crippen MR) is 78.0 cm³/mol. The highest BCUT2D eigenvalue weighted by Gasteiger charge is 2.46. The molecule has 5 heteroatoms. The van der Waals surface area contributed by atoms with Crippen molar-refractivity contribution in [3.8, 4) is 0 Å². The van der Waals surface area contributed by atoms with Gasteiger partial charge in [-0.2, -0.15) is 0 Å². The van der Waals surface area contributed by atoms with Crippen LogP contribution in [0.4, 0.5) is 0 Å². The number of hydrogen-bond donors (Lipinski definition) is 0. The van der Waals surface area contributed by atoms with Gasteiger partial charge in [0.05, 0.1) is 6.61 Å². The van der Waals surface area contributed by atoms with E-state index in [1.165, 1.54) is 0 Å². The first kappa shape index (κ1) is 19.8. The Morgan fingerprint density at radius 1 is 0.700 bits per heavy atom. The molecule has 0 heterocycles. The van der Waals surface area contributed by atoms with Crippen molar-refractivity contribution in [1.29, 1.82) is 0 Å². The Bertz CT molecular complexity index is 198. The van der Waals surface area contributed by atoms with Crippen LogP contribution in [-0.4, -0.2) is 39.0 Å². The normalized spacial score (nSPS) is 12.3. The van der Waals surface area contributed by atoms with Crippen molar-refractivity contribution in [1.82, 2.24) is 0 Å². The van der Waals surface area contributed by atoms with Gasteiger partial charge in [-0.05, 0) is 34.1 Å². The second kappa shape index (κ2) is 12.5. The van der Waals surface area contributed by atoms with Crippen molar-refractivity contribution in [2.75, 3.05) is 33.0 Å². The quantitative estimate of drug-likeness (QED) is 0.362. The molecule has 0 rings (SSSR count). The molecule has 5 nitrogen and oxygen atoms in total. The summed E-state index contributed by atoms with van der Waals surface area (Å²) in [5, 5.41) is 0. The van der Waals surface area contributed by atoms with E-state index in [1.807, 2.05) is 27.7 Å². The Morgan fingerprint density at radius 2 is 1.25 bits per heavy atom. The molecular formula is C15H31O5. The Morgan fingerprint density at radius 3 is 1.65 bits per heavy atom. The first-order valence-electron chi connectivity index (χ1n) is 7.75. The summed E-state index contributed by atoms with van der Waals surface area (Å²) in [6, 6.07) is 0. The molecule has 20 heavy (non-hydrogen) atoms. The molecule has 0 aromatic rings. The Balaban J connectivity index is 4.83. The molecule has 0 spiro atoms. The molecule has 0 saturated carbocycles. The SMILES string of the molecule is CCCCCOC(OCC)(OCC)[C](OCC)OCC. The van der Waals surface area contributed by atoms with Crippen molar-refractivity contribution < 1.29 is 23.7 Å². The molecule has 0 aromatic heterocycles. The topological polar surface area (TPSA) is 46.2 Å². The van der Waals surface area contributed by atoms with Crippen LogP contribution in [0.25, 0.3) is 0 Å². The summed E-state index contributed by atoms with van der Waals surface area (Å²) in [5.41, 5.74) is 0. The molecule has 0 aliphatic carbocycles. The first-order valence-corrected chi connectivity index (χ1v) is 7.75. The largest absolute Gasteiger partial charge is 0.346 e. The van der Waals surface area contributed by atoms with E-state index in [1.54, 1.807) is 0 Å². The lowest BCUT2D eigenvalue weighted by atomic mass is 10.3. The molecule has 0 saturated heterocycles.